The number of hydrogen-bond donors (Lipinski definition) is 2. The number of carbonyl (C=O) groups is 2. The highest BCUT2D eigenvalue weighted by Crippen LogP contribution is 2.28. The molecule has 0 atom stereocenters. The third-order valence-corrected chi connectivity index (χ3v) is 4.08. The van der Waals surface area contributed by atoms with E-state index >= 15 is 0 Å². The lowest BCUT2D eigenvalue weighted by Crippen LogP contribution is -2.45. The minimum absolute atomic E-state index is 0.0909. The number of nitrogens with zero attached hydrogens (tertiary/aromatic N) is 3. The molecule has 8 heteroatoms. The maximum absolute atomic E-state index is 12.2. The zero-order valence-corrected chi connectivity index (χ0v) is 13.9. The van der Waals surface area contributed by atoms with Gasteiger partial charge in [0.25, 0.3) is 5.91 Å². The van der Waals surface area contributed by atoms with E-state index in [1.165, 1.54) is 4.90 Å². The fourth-order valence-electron chi connectivity index (χ4n) is 2.84. The SMILES string of the molecule is O=C(CN1C(=O)COc2cccnc21)NCCc1nc2ccccc2[nH]1. The Labute approximate surface area is 149 Å². The molecule has 0 spiro atoms. The number of pyridine rings is 1. The zero-order valence-electron chi connectivity index (χ0n) is 13.9. The normalized spacial score (nSPS) is 13.4. The van der Waals surface area contributed by atoms with Crippen LogP contribution < -0.4 is 15.0 Å². The molecule has 132 valence electrons. The number of imidazole rings is 1. The number of amides is 2. The average Bonchev–Trinajstić information content (AvgIpc) is 3.07. The molecule has 0 fully saturated rings. The Hall–Kier alpha value is -3.42. The third kappa shape index (κ3) is 3.21. The molecule has 1 aliphatic rings. The highest BCUT2D eigenvalue weighted by molar-refractivity contribution is 6.01. The predicted molar refractivity (Wildman–Crippen MR) is 94.9 cm³/mol. The molecule has 4 rings (SSSR count). The number of ether oxygens (including phenoxy) is 1. The molecule has 3 heterocycles. The molecule has 2 N–H and O–H groups in total. The van der Waals surface area contributed by atoms with Crippen molar-refractivity contribution in [1.82, 2.24) is 20.3 Å². The topological polar surface area (TPSA) is 100 Å². The summed E-state index contributed by atoms with van der Waals surface area (Å²) in [6, 6.07) is 11.2. The Morgan fingerprint density at radius 3 is 3.04 bits per heavy atom. The van der Waals surface area contributed by atoms with Crippen LogP contribution in [0.3, 0.4) is 0 Å². The van der Waals surface area contributed by atoms with Gasteiger partial charge >= 0.3 is 0 Å². The highest BCUT2D eigenvalue weighted by Gasteiger charge is 2.28. The van der Waals surface area contributed by atoms with Crippen LogP contribution in [0.1, 0.15) is 5.82 Å². The molecule has 0 saturated carbocycles. The maximum atomic E-state index is 12.2. The second-order valence-corrected chi connectivity index (χ2v) is 5.89. The van der Waals surface area contributed by atoms with E-state index in [4.69, 9.17) is 4.74 Å². The lowest BCUT2D eigenvalue weighted by molar-refractivity contribution is -0.125. The van der Waals surface area contributed by atoms with Gasteiger partial charge in [0, 0.05) is 19.2 Å². The van der Waals surface area contributed by atoms with Gasteiger partial charge < -0.3 is 15.0 Å². The van der Waals surface area contributed by atoms with Crippen molar-refractivity contribution in [2.45, 2.75) is 6.42 Å². The second kappa shape index (κ2) is 6.83. The first-order valence-corrected chi connectivity index (χ1v) is 8.29. The van der Waals surface area contributed by atoms with Crippen LogP contribution in [0.5, 0.6) is 5.75 Å². The summed E-state index contributed by atoms with van der Waals surface area (Å²) in [6.07, 6.45) is 2.14. The molecule has 8 nitrogen and oxygen atoms in total. The summed E-state index contributed by atoms with van der Waals surface area (Å²) in [5.41, 5.74) is 1.87. The van der Waals surface area contributed by atoms with Gasteiger partial charge in [-0.3, -0.25) is 14.5 Å². The molecule has 0 unspecified atom stereocenters. The van der Waals surface area contributed by atoms with E-state index in [0.717, 1.165) is 16.9 Å². The summed E-state index contributed by atoms with van der Waals surface area (Å²) >= 11 is 0. The first-order valence-electron chi connectivity index (χ1n) is 8.29. The number of para-hydroxylation sites is 2. The van der Waals surface area contributed by atoms with Crippen LogP contribution in [0.25, 0.3) is 11.0 Å². The van der Waals surface area contributed by atoms with Crippen molar-refractivity contribution in [3.8, 4) is 5.75 Å². The first kappa shape index (κ1) is 16.1. The van der Waals surface area contributed by atoms with E-state index < -0.39 is 0 Å². The van der Waals surface area contributed by atoms with E-state index in [1.807, 2.05) is 24.3 Å². The van der Waals surface area contributed by atoms with Crippen molar-refractivity contribution in [3.63, 3.8) is 0 Å². The van der Waals surface area contributed by atoms with Crippen molar-refractivity contribution in [3.05, 3.63) is 48.4 Å². The summed E-state index contributed by atoms with van der Waals surface area (Å²) in [7, 11) is 0. The van der Waals surface area contributed by atoms with E-state index in [1.54, 1.807) is 18.3 Å². The Morgan fingerprint density at radius 1 is 1.27 bits per heavy atom. The van der Waals surface area contributed by atoms with Crippen LogP contribution in [0.15, 0.2) is 42.6 Å². The van der Waals surface area contributed by atoms with Crippen molar-refractivity contribution < 1.29 is 14.3 Å². The molecular weight excluding hydrogens is 334 g/mol. The zero-order chi connectivity index (χ0) is 17.9. The molecule has 0 bridgehead atoms. The van der Waals surface area contributed by atoms with Crippen LogP contribution in [-0.2, 0) is 16.0 Å². The van der Waals surface area contributed by atoms with Gasteiger partial charge in [-0.25, -0.2) is 9.97 Å². The molecule has 0 radical (unpaired) electrons. The Balaban J connectivity index is 1.35. The Morgan fingerprint density at radius 2 is 2.15 bits per heavy atom. The van der Waals surface area contributed by atoms with Gasteiger partial charge in [0.2, 0.25) is 5.91 Å². The number of carbonyl (C=O) groups excluding carboxylic acids is 2. The van der Waals surface area contributed by atoms with Gasteiger partial charge in [-0.2, -0.15) is 0 Å². The molecule has 2 aromatic heterocycles. The second-order valence-electron chi connectivity index (χ2n) is 5.89. The molecule has 0 aliphatic carbocycles. The molecular formula is C18H17N5O3. The van der Waals surface area contributed by atoms with Gasteiger partial charge in [0.1, 0.15) is 12.4 Å². The monoisotopic (exact) mass is 351 g/mol. The molecule has 2 amide bonds. The number of aromatic amines is 1. The minimum atomic E-state index is -0.288. The van der Waals surface area contributed by atoms with Crippen LogP contribution in [-0.4, -0.2) is 46.5 Å². The van der Waals surface area contributed by atoms with Gasteiger partial charge in [0.15, 0.2) is 18.2 Å². The number of rotatable bonds is 5. The van der Waals surface area contributed by atoms with Crippen molar-refractivity contribution in [2.75, 3.05) is 24.6 Å². The largest absolute Gasteiger partial charge is 0.480 e. The van der Waals surface area contributed by atoms with E-state index in [2.05, 4.69) is 20.3 Å². The van der Waals surface area contributed by atoms with Crippen LogP contribution in [0.2, 0.25) is 0 Å². The molecule has 1 aliphatic heterocycles. The minimum Gasteiger partial charge on any atom is -0.480 e. The molecule has 3 aromatic rings. The Kier molecular flexibility index (Phi) is 4.22. The van der Waals surface area contributed by atoms with E-state index in [0.29, 0.717) is 24.5 Å². The first-order chi connectivity index (χ1) is 12.7. The standard InChI is InChI=1S/C18H17N5O3/c24-16(10-23-17(25)11-26-14-6-3-8-20-18(14)23)19-9-7-15-21-12-4-1-2-5-13(12)22-15/h1-6,8H,7,9-11H2,(H,19,24)(H,21,22). The third-order valence-electron chi connectivity index (χ3n) is 4.08. The highest BCUT2D eigenvalue weighted by atomic mass is 16.5. The smallest absolute Gasteiger partial charge is 0.266 e. The summed E-state index contributed by atoms with van der Waals surface area (Å²) in [5.74, 6) is 1.14. The molecule has 1 aromatic carbocycles. The number of aromatic nitrogens is 3. The van der Waals surface area contributed by atoms with Crippen molar-refractivity contribution >= 4 is 28.7 Å². The number of fused-ring (bicyclic) bond motifs is 2. The predicted octanol–water partition coefficient (Wildman–Crippen LogP) is 1.04. The maximum Gasteiger partial charge on any atom is 0.266 e. The average molecular weight is 351 g/mol. The van der Waals surface area contributed by atoms with Gasteiger partial charge in [-0.05, 0) is 24.3 Å². The van der Waals surface area contributed by atoms with Crippen LogP contribution >= 0.6 is 0 Å². The van der Waals surface area contributed by atoms with Crippen LogP contribution in [0.4, 0.5) is 5.82 Å². The van der Waals surface area contributed by atoms with Crippen LogP contribution in [0, 0.1) is 0 Å². The van der Waals surface area contributed by atoms with Crippen molar-refractivity contribution in [2.24, 2.45) is 0 Å². The Bertz CT molecular complexity index is 935. The van der Waals surface area contributed by atoms with Crippen molar-refractivity contribution in [1.29, 1.82) is 0 Å². The number of nitrogens with one attached hydrogen (secondary N) is 2. The van der Waals surface area contributed by atoms with Gasteiger partial charge in [-0.1, -0.05) is 12.1 Å². The molecule has 26 heavy (non-hydrogen) atoms. The number of hydrogen-bond acceptors (Lipinski definition) is 5. The fraction of sp³-hybridized carbons (Fsp3) is 0.222. The summed E-state index contributed by atoms with van der Waals surface area (Å²) in [5, 5.41) is 2.81. The van der Waals surface area contributed by atoms with Gasteiger partial charge in [-0.15, -0.1) is 0 Å². The summed E-state index contributed by atoms with van der Waals surface area (Å²) < 4.78 is 5.32. The summed E-state index contributed by atoms with van der Waals surface area (Å²) in [4.78, 5) is 37.4. The number of benzene rings is 1. The van der Waals surface area contributed by atoms with Gasteiger partial charge in [0.05, 0.1) is 11.0 Å². The lowest BCUT2D eigenvalue weighted by atomic mass is 10.3. The number of anilines is 1. The quantitative estimate of drug-likeness (QED) is 0.715. The van der Waals surface area contributed by atoms with E-state index in [-0.39, 0.29) is 25.0 Å². The fourth-order valence-corrected chi connectivity index (χ4v) is 2.84. The summed E-state index contributed by atoms with van der Waals surface area (Å²) in [6.45, 7) is 0.240. The number of H-pyrrole nitrogens is 1. The lowest BCUT2D eigenvalue weighted by Gasteiger charge is -2.27. The molecule has 0 saturated heterocycles. The van der Waals surface area contributed by atoms with E-state index in [9.17, 15) is 9.59 Å².